The molecule has 0 fully saturated rings. The monoisotopic (exact) mass is 221 g/mol. The molecule has 0 amide bonds. The molecule has 1 aromatic carbocycles. The van der Waals surface area contributed by atoms with Gasteiger partial charge in [-0.05, 0) is 31.0 Å². The average Bonchev–Trinajstić information content (AvgIpc) is 2.57. The molecular formula is C12H12ClNO. The van der Waals surface area contributed by atoms with Crippen LogP contribution in [-0.4, -0.2) is 11.3 Å². The van der Waals surface area contributed by atoms with Crippen LogP contribution in [0.25, 0.3) is 10.9 Å². The normalized spacial score (nSPS) is 10.9. The van der Waals surface area contributed by atoms with Crippen molar-refractivity contribution in [2.24, 2.45) is 0 Å². The number of aromatic nitrogens is 1. The zero-order valence-electron chi connectivity index (χ0n) is 8.73. The van der Waals surface area contributed by atoms with Crippen molar-refractivity contribution in [1.29, 1.82) is 0 Å². The highest BCUT2D eigenvalue weighted by atomic mass is 35.5. The first-order valence-electron chi connectivity index (χ1n) is 4.93. The smallest absolute Gasteiger partial charge is 0.151 e. The van der Waals surface area contributed by atoms with Gasteiger partial charge in [-0.3, -0.25) is 4.79 Å². The molecule has 0 aliphatic heterocycles. The molecule has 1 aromatic heterocycles. The number of aldehydes is 1. The van der Waals surface area contributed by atoms with Gasteiger partial charge in [-0.25, -0.2) is 0 Å². The van der Waals surface area contributed by atoms with Gasteiger partial charge >= 0.3 is 0 Å². The van der Waals surface area contributed by atoms with E-state index in [0.717, 1.165) is 29.2 Å². The second-order valence-electron chi connectivity index (χ2n) is 3.59. The van der Waals surface area contributed by atoms with Crippen LogP contribution in [0.15, 0.2) is 12.1 Å². The van der Waals surface area contributed by atoms with Gasteiger partial charge in [0.05, 0.1) is 5.02 Å². The molecule has 2 nitrogen and oxygen atoms in total. The van der Waals surface area contributed by atoms with E-state index in [-0.39, 0.29) is 0 Å². The Morgan fingerprint density at radius 1 is 1.47 bits per heavy atom. The van der Waals surface area contributed by atoms with Crippen LogP contribution in [0.3, 0.4) is 0 Å². The maximum absolute atomic E-state index is 10.8. The van der Waals surface area contributed by atoms with Gasteiger partial charge in [-0.1, -0.05) is 18.5 Å². The first kappa shape index (κ1) is 10.2. The van der Waals surface area contributed by atoms with E-state index in [1.807, 2.05) is 13.0 Å². The number of carbonyl (C=O) groups is 1. The van der Waals surface area contributed by atoms with Gasteiger partial charge in [0.1, 0.15) is 0 Å². The van der Waals surface area contributed by atoms with Crippen LogP contribution in [0.4, 0.5) is 0 Å². The predicted molar refractivity (Wildman–Crippen MR) is 62.8 cm³/mol. The number of benzene rings is 1. The molecular weight excluding hydrogens is 210 g/mol. The summed E-state index contributed by atoms with van der Waals surface area (Å²) in [5, 5.41) is 1.52. The minimum Gasteiger partial charge on any atom is -0.358 e. The first-order valence-corrected chi connectivity index (χ1v) is 5.31. The number of nitrogens with one attached hydrogen (secondary N) is 1. The van der Waals surface area contributed by atoms with Crippen molar-refractivity contribution in [3.8, 4) is 0 Å². The maximum atomic E-state index is 10.8. The van der Waals surface area contributed by atoms with E-state index in [1.165, 1.54) is 5.69 Å². The second-order valence-corrected chi connectivity index (χ2v) is 3.97. The van der Waals surface area contributed by atoms with Crippen molar-refractivity contribution < 1.29 is 4.79 Å². The fourth-order valence-corrected chi connectivity index (χ4v) is 2.27. The molecule has 0 aliphatic rings. The highest BCUT2D eigenvalue weighted by molar-refractivity contribution is 6.38. The summed E-state index contributed by atoms with van der Waals surface area (Å²) in [4.78, 5) is 14.1. The minimum atomic E-state index is 0.550. The molecule has 1 N–H and O–H groups in total. The summed E-state index contributed by atoms with van der Waals surface area (Å²) in [5.41, 5.74) is 3.87. The number of halogens is 1. The Morgan fingerprint density at radius 2 is 2.20 bits per heavy atom. The van der Waals surface area contributed by atoms with E-state index in [0.29, 0.717) is 10.6 Å². The third-order valence-corrected chi connectivity index (χ3v) is 3.17. The number of rotatable bonds is 2. The third kappa shape index (κ3) is 1.45. The molecule has 2 rings (SSSR count). The van der Waals surface area contributed by atoms with E-state index in [9.17, 15) is 4.79 Å². The number of aromatic amines is 1. The largest absolute Gasteiger partial charge is 0.358 e. The van der Waals surface area contributed by atoms with E-state index < -0.39 is 0 Å². The molecule has 2 aromatic rings. The summed E-state index contributed by atoms with van der Waals surface area (Å²) in [7, 11) is 0. The van der Waals surface area contributed by atoms with Gasteiger partial charge in [0.25, 0.3) is 0 Å². The van der Waals surface area contributed by atoms with Crippen LogP contribution in [0, 0.1) is 6.92 Å². The lowest BCUT2D eigenvalue weighted by atomic mass is 10.1. The lowest BCUT2D eigenvalue weighted by Gasteiger charge is -1.99. The summed E-state index contributed by atoms with van der Waals surface area (Å²) in [6.07, 6.45) is 1.73. The molecule has 0 aliphatic carbocycles. The number of fused-ring (bicyclic) bond motifs is 1. The van der Waals surface area contributed by atoms with Crippen molar-refractivity contribution in [3.05, 3.63) is 34.0 Å². The van der Waals surface area contributed by atoms with Crippen molar-refractivity contribution in [2.45, 2.75) is 20.3 Å². The molecule has 3 heteroatoms. The van der Waals surface area contributed by atoms with Crippen molar-refractivity contribution >= 4 is 28.8 Å². The molecule has 78 valence electrons. The maximum Gasteiger partial charge on any atom is 0.151 e. The van der Waals surface area contributed by atoms with Gasteiger partial charge in [-0.15, -0.1) is 0 Å². The highest BCUT2D eigenvalue weighted by Gasteiger charge is 2.11. The van der Waals surface area contributed by atoms with Gasteiger partial charge < -0.3 is 4.98 Å². The second kappa shape index (κ2) is 3.70. The lowest BCUT2D eigenvalue weighted by molar-refractivity contribution is 0.112. The van der Waals surface area contributed by atoms with E-state index in [1.54, 1.807) is 6.07 Å². The van der Waals surface area contributed by atoms with Crippen molar-refractivity contribution in [2.75, 3.05) is 0 Å². The Kier molecular flexibility index (Phi) is 2.53. The predicted octanol–water partition coefficient (Wildman–Crippen LogP) is 3.50. The molecule has 0 saturated heterocycles. The van der Waals surface area contributed by atoms with Gasteiger partial charge in [0.15, 0.2) is 6.29 Å². The fraction of sp³-hybridized carbons (Fsp3) is 0.250. The topological polar surface area (TPSA) is 32.9 Å². The van der Waals surface area contributed by atoms with Crippen LogP contribution in [0.1, 0.15) is 28.5 Å². The molecule has 0 saturated carbocycles. The summed E-state index contributed by atoms with van der Waals surface area (Å²) >= 11 is 6.17. The van der Waals surface area contributed by atoms with Crippen LogP contribution in [0.5, 0.6) is 0 Å². The average molecular weight is 222 g/mol. The molecule has 0 unspecified atom stereocenters. The Balaban J connectivity index is 2.85. The number of hydrogen-bond acceptors (Lipinski definition) is 1. The zero-order chi connectivity index (χ0) is 11.0. The van der Waals surface area contributed by atoms with Crippen molar-refractivity contribution in [3.63, 3.8) is 0 Å². The number of carbonyl (C=O) groups excluding carboxylic acids is 1. The highest BCUT2D eigenvalue weighted by Crippen LogP contribution is 2.31. The first-order chi connectivity index (χ1) is 7.19. The standard InChI is InChI=1S/C12H12ClNO/c1-3-9-7(2)11-10(14-9)5-4-8(6-15)12(11)13/h4-6,14H,3H2,1-2H3. The fourth-order valence-electron chi connectivity index (χ4n) is 1.91. The van der Waals surface area contributed by atoms with Crippen LogP contribution in [-0.2, 0) is 6.42 Å². The Bertz CT molecular complexity index is 528. The van der Waals surface area contributed by atoms with Gasteiger partial charge in [0.2, 0.25) is 0 Å². The molecule has 15 heavy (non-hydrogen) atoms. The quantitative estimate of drug-likeness (QED) is 0.774. The Labute approximate surface area is 93.2 Å². The SMILES string of the molecule is CCc1[nH]c2ccc(C=O)c(Cl)c2c1C. The Morgan fingerprint density at radius 3 is 2.80 bits per heavy atom. The summed E-state index contributed by atoms with van der Waals surface area (Å²) in [5.74, 6) is 0. The third-order valence-electron chi connectivity index (χ3n) is 2.77. The zero-order valence-corrected chi connectivity index (χ0v) is 9.48. The minimum absolute atomic E-state index is 0.550. The van der Waals surface area contributed by atoms with E-state index in [4.69, 9.17) is 11.6 Å². The molecule has 0 spiro atoms. The molecule has 0 radical (unpaired) electrons. The molecule has 1 heterocycles. The Hall–Kier alpha value is -1.28. The number of H-pyrrole nitrogens is 1. The van der Waals surface area contributed by atoms with Crippen LogP contribution >= 0.6 is 11.6 Å². The lowest BCUT2D eigenvalue weighted by Crippen LogP contribution is -1.83. The summed E-state index contributed by atoms with van der Waals surface area (Å²) in [6, 6.07) is 3.64. The molecule has 0 atom stereocenters. The summed E-state index contributed by atoms with van der Waals surface area (Å²) in [6.45, 7) is 4.12. The van der Waals surface area contributed by atoms with Gasteiger partial charge in [0, 0.05) is 22.2 Å². The van der Waals surface area contributed by atoms with Gasteiger partial charge in [-0.2, -0.15) is 0 Å². The van der Waals surface area contributed by atoms with E-state index >= 15 is 0 Å². The summed E-state index contributed by atoms with van der Waals surface area (Å²) < 4.78 is 0. The number of aryl methyl sites for hydroxylation is 2. The number of hydrogen-bond donors (Lipinski definition) is 1. The van der Waals surface area contributed by atoms with Crippen molar-refractivity contribution in [1.82, 2.24) is 4.98 Å². The van der Waals surface area contributed by atoms with E-state index in [2.05, 4.69) is 11.9 Å². The van der Waals surface area contributed by atoms with Crippen LogP contribution < -0.4 is 0 Å². The molecule has 0 bridgehead atoms. The van der Waals surface area contributed by atoms with Crippen LogP contribution in [0.2, 0.25) is 5.02 Å².